The topological polar surface area (TPSA) is 40.9 Å². The average Bonchev–Trinajstić information content (AvgIpc) is 2.29. The standard InChI is InChI=1S/C13H14ClNO/c1-3-10-4-5-11(6-7-15)12(8-10)13(14)9(2)16/h4-5,8,13H,3,6H2,1-2H3. The summed E-state index contributed by atoms with van der Waals surface area (Å²) in [5.74, 6) is -0.0888. The highest BCUT2D eigenvalue weighted by Crippen LogP contribution is 2.26. The Labute approximate surface area is 101 Å². The summed E-state index contributed by atoms with van der Waals surface area (Å²) in [6.45, 7) is 3.51. The van der Waals surface area contributed by atoms with Crippen molar-refractivity contribution in [2.75, 3.05) is 0 Å². The van der Waals surface area contributed by atoms with Crippen molar-refractivity contribution in [2.24, 2.45) is 0 Å². The molecule has 0 heterocycles. The highest BCUT2D eigenvalue weighted by molar-refractivity contribution is 6.30. The van der Waals surface area contributed by atoms with Crippen molar-refractivity contribution in [3.8, 4) is 6.07 Å². The molecule has 1 aromatic carbocycles. The second-order valence-corrected chi connectivity index (χ2v) is 4.13. The Morgan fingerprint density at radius 1 is 1.56 bits per heavy atom. The number of alkyl halides is 1. The number of carbonyl (C=O) groups is 1. The van der Waals surface area contributed by atoms with Gasteiger partial charge in [0.05, 0.1) is 12.5 Å². The minimum Gasteiger partial charge on any atom is -0.298 e. The summed E-state index contributed by atoms with van der Waals surface area (Å²) in [7, 11) is 0. The summed E-state index contributed by atoms with van der Waals surface area (Å²) in [6.07, 6.45) is 1.18. The molecule has 16 heavy (non-hydrogen) atoms. The largest absolute Gasteiger partial charge is 0.298 e. The summed E-state index contributed by atoms with van der Waals surface area (Å²) in [4.78, 5) is 11.3. The second-order valence-electron chi connectivity index (χ2n) is 3.69. The average molecular weight is 236 g/mol. The number of rotatable bonds is 4. The third-order valence-electron chi connectivity index (χ3n) is 2.52. The smallest absolute Gasteiger partial charge is 0.152 e. The summed E-state index contributed by atoms with van der Waals surface area (Å²) >= 11 is 6.05. The van der Waals surface area contributed by atoms with E-state index in [2.05, 4.69) is 6.07 Å². The van der Waals surface area contributed by atoms with Gasteiger partial charge in [0.15, 0.2) is 5.78 Å². The van der Waals surface area contributed by atoms with E-state index >= 15 is 0 Å². The monoisotopic (exact) mass is 235 g/mol. The third-order valence-corrected chi connectivity index (χ3v) is 3.06. The lowest BCUT2D eigenvalue weighted by Gasteiger charge is -2.12. The number of nitriles is 1. The minimum atomic E-state index is -0.644. The maximum atomic E-state index is 11.3. The molecule has 1 atom stereocenters. The van der Waals surface area contributed by atoms with Gasteiger partial charge in [-0.3, -0.25) is 4.79 Å². The molecule has 0 radical (unpaired) electrons. The number of Topliss-reactive ketones (excluding diaryl/α,β-unsaturated/α-hetero) is 1. The number of carbonyl (C=O) groups excluding carboxylic acids is 1. The quantitative estimate of drug-likeness (QED) is 0.752. The third kappa shape index (κ3) is 2.84. The predicted molar refractivity (Wildman–Crippen MR) is 64.4 cm³/mol. The van der Waals surface area contributed by atoms with E-state index in [0.717, 1.165) is 23.1 Å². The number of hydrogen-bond acceptors (Lipinski definition) is 2. The zero-order valence-electron chi connectivity index (χ0n) is 9.46. The molecule has 1 unspecified atom stereocenters. The molecular weight excluding hydrogens is 222 g/mol. The van der Waals surface area contributed by atoms with E-state index < -0.39 is 5.38 Å². The normalized spacial score (nSPS) is 11.9. The molecular formula is C13H14ClNO. The zero-order valence-corrected chi connectivity index (χ0v) is 10.2. The zero-order chi connectivity index (χ0) is 12.1. The first-order valence-corrected chi connectivity index (χ1v) is 5.67. The van der Waals surface area contributed by atoms with Crippen molar-refractivity contribution in [1.82, 2.24) is 0 Å². The Hall–Kier alpha value is -1.33. The van der Waals surface area contributed by atoms with E-state index in [1.807, 2.05) is 25.1 Å². The van der Waals surface area contributed by atoms with Gasteiger partial charge in [-0.2, -0.15) is 5.26 Å². The fourth-order valence-corrected chi connectivity index (χ4v) is 1.77. The molecule has 0 aliphatic rings. The molecule has 2 nitrogen and oxygen atoms in total. The highest BCUT2D eigenvalue weighted by Gasteiger charge is 2.17. The van der Waals surface area contributed by atoms with E-state index in [0.29, 0.717) is 0 Å². The molecule has 0 N–H and O–H groups in total. The maximum Gasteiger partial charge on any atom is 0.152 e. The lowest BCUT2D eigenvalue weighted by molar-refractivity contribution is -0.116. The van der Waals surface area contributed by atoms with Gasteiger partial charge in [-0.1, -0.05) is 25.1 Å². The van der Waals surface area contributed by atoms with Gasteiger partial charge in [0.1, 0.15) is 5.38 Å². The van der Waals surface area contributed by atoms with Crippen molar-refractivity contribution in [3.63, 3.8) is 0 Å². The van der Waals surface area contributed by atoms with Crippen molar-refractivity contribution < 1.29 is 4.79 Å². The first-order chi connectivity index (χ1) is 7.60. The summed E-state index contributed by atoms with van der Waals surface area (Å²) in [5, 5.41) is 8.07. The fourth-order valence-electron chi connectivity index (χ4n) is 1.57. The van der Waals surface area contributed by atoms with Gasteiger partial charge in [-0.15, -0.1) is 11.6 Å². The van der Waals surface area contributed by atoms with Crippen LogP contribution in [-0.4, -0.2) is 5.78 Å². The Kier molecular flexibility index (Phi) is 4.52. The lowest BCUT2D eigenvalue weighted by atomic mass is 9.97. The van der Waals surface area contributed by atoms with E-state index in [1.165, 1.54) is 6.92 Å². The molecule has 0 fully saturated rings. The van der Waals surface area contributed by atoms with Crippen molar-refractivity contribution in [1.29, 1.82) is 5.26 Å². The van der Waals surface area contributed by atoms with Crippen LogP contribution in [0, 0.1) is 11.3 Å². The molecule has 0 bridgehead atoms. The summed E-state index contributed by atoms with van der Waals surface area (Å²) in [6, 6.07) is 7.86. The molecule has 0 aliphatic heterocycles. The number of benzene rings is 1. The number of aryl methyl sites for hydroxylation is 1. The van der Waals surface area contributed by atoms with Crippen LogP contribution in [0.25, 0.3) is 0 Å². The SMILES string of the molecule is CCc1ccc(CC#N)c(C(Cl)C(C)=O)c1. The number of halogens is 1. The van der Waals surface area contributed by atoms with Crippen molar-refractivity contribution >= 4 is 17.4 Å². The van der Waals surface area contributed by atoms with Crippen molar-refractivity contribution in [2.45, 2.75) is 32.1 Å². The molecule has 84 valence electrons. The molecule has 1 aromatic rings. The van der Waals surface area contributed by atoms with Crippen LogP contribution >= 0.6 is 11.6 Å². The Balaban J connectivity index is 3.20. The van der Waals surface area contributed by atoms with Crippen LogP contribution in [0.2, 0.25) is 0 Å². The number of hydrogen-bond donors (Lipinski definition) is 0. The number of nitrogens with zero attached hydrogens (tertiary/aromatic N) is 1. The molecule has 3 heteroatoms. The molecule has 0 saturated heterocycles. The molecule has 0 amide bonds. The summed E-state index contributed by atoms with van der Waals surface area (Å²) in [5.41, 5.74) is 2.74. The van der Waals surface area contributed by atoms with Crippen LogP contribution in [0.15, 0.2) is 18.2 Å². The van der Waals surface area contributed by atoms with Gasteiger partial charge in [0.2, 0.25) is 0 Å². The maximum absolute atomic E-state index is 11.3. The lowest BCUT2D eigenvalue weighted by Crippen LogP contribution is -2.06. The molecule has 0 aromatic heterocycles. The van der Waals surface area contributed by atoms with Crippen LogP contribution in [-0.2, 0) is 17.6 Å². The fraction of sp³-hybridized carbons (Fsp3) is 0.385. The first kappa shape index (κ1) is 12.7. The summed E-state index contributed by atoms with van der Waals surface area (Å²) < 4.78 is 0. The van der Waals surface area contributed by atoms with Crippen LogP contribution < -0.4 is 0 Å². The van der Waals surface area contributed by atoms with Crippen LogP contribution in [0.5, 0.6) is 0 Å². The predicted octanol–water partition coefficient (Wildman–Crippen LogP) is 3.18. The molecule has 0 aliphatic carbocycles. The Morgan fingerprint density at radius 2 is 2.25 bits per heavy atom. The molecule has 0 spiro atoms. The van der Waals surface area contributed by atoms with E-state index in [4.69, 9.17) is 16.9 Å². The van der Waals surface area contributed by atoms with Crippen molar-refractivity contribution in [3.05, 3.63) is 34.9 Å². The van der Waals surface area contributed by atoms with Gasteiger partial charge in [0.25, 0.3) is 0 Å². The minimum absolute atomic E-state index is 0.0888. The van der Waals surface area contributed by atoms with Gasteiger partial charge >= 0.3 is 0 Å². The van der Waals surface area contributed by atoms with Crippen LogP contribution in [0.1, 0.15) is 35.9 Å². The molecule has 1 rings (SSSR count). The van der Waals surface area contributed by atoms with Gasteiger partial charge in [-0.25, -0.2) is 0 Å². The second kappa shape index (κ2) is 5.67. The van der Waals surface area contributed by atoms with Gasteiger partial charge < -0.3 is 0 Å². The van der Waals surface area contributed by atoms with Crippen LogP contribution in [0.3, 0.4) is 0 Å². The van der Waals surface area contributed by atoms with Gasteiger partial charge in [0, 0.05) is 0 Å². The Morgan fingerprint density at radius 3 is 2.75 bits per heavy atom. The van der Waals surface area contributed by atoms with Crippen LogP contribution in [0.4, 0.5) is 0 Å². The van der Waals surface area contributed by atoms with E-state index in [9.17, 15) is 4.79 Å². The Bertz CT molecular complexity index is 434. The highest BCUT2D eigenvalue weighted by atomic mass is 35.5. The van der Waals surface area contributed by atoms with E-state index in [1.54, 1.807) is 0 Å². The first-order valence-electron chi connectivity index (χ1n) is 5.23. The van der Waals surface area contributed by atoms with E-state index in [-0.39, 0.29) is 12.2 Å². The molecule has 0 saturated carbocycles. The van der Waals surface area contributed by atoms with Gasteiger partial charge in [-0.05, 0) is 30.0 Å². The number of ketones is 1.